The molecule has 0 spiro atoms. The molecule has 3 nitrogen and oxygen atoms in total. The first-order valence-electron chi connectivity index (χ1n) is 4.58. The van der Waals surface area contributed by atoms with Crippen LogP contribution in [0.25, 0.3) is 11.3 Å². The van der Waals surface area contributed by atoms with Gasteiger partial charge in [0.1, 0.15) is 0 Å². The molecular formula is C12H13NO2. The molecule has 0 aliphatic rings. The SMILES string of the molecule is CC(=O)O.c1ccc(-c2ccc[nH]2)cc1. The summed E-state index contributed by atoms with van der Waals surface area (Å²) in [7, 11) is 0. The van der Waals surface area contributed by atoms with E-state index in [1.54, 1.807) is 0 Å². The molecule has 1 aromatic heterocycles. The van der Waals surface area contributed by atoms with E-state index in [1.807, 2.05) is 30.5 Å². The number of aromatic amines is 1. The first-order valence-corrected chi connectivity index (χ1v) is 4.58. The summed E-state index contributed by atoms with van der Waals surface area (Å²) < 4.78 is 0. The van der Waals surface area contributed by atoms with E-state index in [0.717, 1.165) is 6.92 Å². The Balaban J connectivity index is 0.000000245. The summed E-state index contributed by atoms with van der Waals surface area (Å²) in [6, 6.07) is 14.3. The third-order valence-corrected chi connectivity index (χ3v) is 1.68. The van der Waals surface area contributed by atoms with Gasteiger partial charge in [-0.15, -0.1) is 0 Å². The van der Waals surface area contributed by atoms with Crippen LogP contribution in [-0.4, -0.2) is 16.1 Å². The summed E-state index contributed by atoms with van der Waals surface area (Å²) in [6.45, 7) is 1.08. The van der Waals surface area contributed by atoms with Crippen LogP contribution >= 0.6 is 0 Å². The van der Waals surface area contributed by atoms with Crippen LogP contribution in [0.1, 0.15) is 6.92 Å². The fraction of sp³-hybridized carbons (Fsp3) is 0.0833. The minimum Gasteiger partial charge on any atom is -0.481 e. The van der Waals surface area contributed by atoms with Crippen molar-refractivity contribution in [3.63, 3.8) is 0 Å². The van der Waals surface area contributed by atoms with Crippen LogP contribution in [0, 0.1) is 0 Å². The molecule has 78 valence electrons. The molecule has 0 aliphatic carbocycles. The van der Waals surface area contributed by atoms with E-state index in [2.05, 4.69) is 23.2 Å². The molecule has 1 heterocycles. The first kappa shape index (κ1) is 11.0. The number of carboxylic acid groups (broad SMARTS) is 1. The minimum absolute atomic E-state index is 0.833. The van der Waals surface area contributed by atoms with Crippen molar-refractivity contribution >= 4 is 5.97 Å². The number of nitrogens with one attached hydrogen (secondary N) is 1. The van der Waals surface area contributed by atoms with Gasteiger partial charge in [0.25, 0.3) is 5.97 Å². The minimum atomic E-state index is -0.833. The molecule has 2 aromatic rings. The van der Waals surface area contributed by atoms with E-state index < -0.39 is 5.97 Å². The molecular weight excluding hydrogens is 190 g/mol. The molecule has 0 bridgehead atoms. The van der Waals surface area contributed by atoms with Crippen LogP contribution in [0.3, 0.4) is 0 Å². The van der Waals surface area contributed by atoms with Gasteiger partial charge in [0, 0.05) is 18.8 Å². The largest absolute Gasteiger partial charge is 0.481 e. The summed E-state index contributed by atoms with van der Waals surface area (Å²) >= 11 is 0. The van der Waals surface area contributed by atoms with Crippen molar-refractivity contribution < 1.29 is 9.90 Å². The zero-order valence-corrected chi connectivity index (χ0v) is 8.47. The van der Waals surface area contributed by atoms with Crippen molar-refractivity contribution in [2.75, 3.05) is 0 Å². The van der Waals surface area contributed by atoms with Gasteiger partial charge < -0.3 is 10.1 Å². The van der Waals surface area contributed by atoms with Crippen molar-refractivity contribution in [3.05, 3.63) is 48.7 Å². The Morgan fingerprint density at radius 1 is 1.13 bits per heavy atom. The topological polar surface area (TPSA) is 53.1 Å². The second-order valence-electron chi connectivity index (χ2n) is 2.97. The van der Waals surface area contributed by atoms with Gasteiger partial charge in [0.2, 0.25) is 0 Å². The average molecular weight is 203 g/mol. The zero-order chi connectivity index (χ0) is 11.1. The number of aromatic nitrogens is 1. The first-order chi connectivity index (χ1) is 7.20. The van der Waals surface area contributed by atoms with E-state index in [-0.39, 0.29) is 0 Å². The maximum absolute atomic E-state index is 9.00. The number of hydrogen-bond donors (Lipinski definition) is 2. The maximum Gasteiger partial charge on any atom is 0.300 e. The smallest absolute Gasteiger partial charge is 0.300 e. The van der Waals surface area contributed by atoms with Gasteiger partial charge >= 0.3 is 0 Å². The van der Waals surface area contributed by atoms with Crippen molar-refractivity contribution in [2.45, 2.75) is 6.92 Å². The average Bonchev–Trinajstić information content (AvgIpc) is 2.71. The Hall–Kier alpha value is -2.03. The third-order valence-electron chi connectivity index (χ3n) is 1.68. The van der Waals surface area contributed by atoms with Gasteiger partial charge in [-0.1, -0.05) is 30.3 Å². The Morgan fingerprint density at radius 3 is 2.20 bits per heavy atom. The predicted molar refractivity (Wildman–Crippen MR) is 59.5 cm³/mol. The molecule has 0 unspecified atom stereocenters. The Bertz CT molecular complexity index is 389. The lowest BCUT2D eigenvalue weighted by Crippen LogP contribution is -1.78. The molecule has 1 aromatic carbocycles. The molecule has 15 heavy (non-hydrogen) atoms. The predicted octanol–water partition coefficient (Wildman–Crippen LogP) is 2.77. The number of carbonyl (C=O) groups is 1. The summed E-state index contributed by atoms with van der Waals surface area (Å²) in [4.78, 5) is 12.2. The second-order valence-corrected chi connectivity index (χ2v) is 2.97. The monoisotopic (exact) mass is 203 g/mol. The lowest BCUT2D eigenvalue weighted by Gasteiger charge is -1.94. The summed E-state index contributed by atoms with van der Waals surface area (Å²) in [6.07, 6.45) is 1.93. The number of aliphatic carboxylic acids is 1. The van der Waals surface area contributed by atoms with Crippen LogP contribution < -0.4 is 0 Å². The van der Waals surface area contributed by atoms with Gasteiger partial charge in [-0.05, 0) is 17.7 Å². The lowest BCUT2D eigenvalue weighted by atomic mass is 10.2. The Kier molecular flexibility index (Phi) is 4.16. The normalized spacial score (nSPS) is 8.87. The fourth-order valence-electron chi connectivity index (χ4n) is 1.13. The summed E-state index contributed by atoms with van der Waals surface area (Å²) in [5.41, 5.74) is 2.41. The van der Waals surface area contributed by atoms with Crippen LogP contribution in [0.15, 0.2) is 48.7 Å². The van der Waals surface area contributed by atoms with Gasteiger partial charge in [0.15, 0.2) is 0 Å². The van der Waals surface area contributed by atoms with Crippen molar-refractivity contribution in [2.24, 2.45) is 0 Å². The standard InChI is InChI=1S/C10H9N.C2H4O2/c1-2-5-9(6-3-1)10-7-4-8-11-10;1-2(3)4/h1-8,11H;1H3,(H,3,4). The molecule has 2 rings (SSSR count). The zero-order valence-electron chi connectivity index (χ0n) is 8.47. The van der Waals surface area contributed by atoms with E-state index >= 15 is 0 Å². The van der Waals surface area contributed by atoms with E-state index in [4.69, 9.17) is 9.90 Å². The lowest BCUT2D eigenvalue weighted by molar-refractivity contribution is -0.134. The Labute approximate surface area is 88.4 Å². The molecule has 0 aliphatic heterocycles. The highest BCUT2D eigenvalue weighted by atomic mass is 16.4. The van der Waals surface area contributed by atoms with Crippen molar-refractivity contribution in [3.8, 4) is 11.3 Å². The number of H-pyrrole nitrogens is 1. The number of hydrogen-bond acceptors (Lipinski definition) is 1. The van der Waals surface area contributed by atoms with Gasteiger partial charge in [-0.25, -0.2) is 0 Å². The molecule has 0 amide bonds. The molecule has 0 saturated heterocycles. The molecule has 0 atom stereocenters. The fourth-order valence-corrected chi connectivity index (χ4v) is 1.13. The van der Waals surface area contributed by atoms with Crippen LogP contribution in [0.4, 0.5) is 0 Å². The molecule has 0 saturated carbocycles. The highest BCUT2D eigenvalue weighted by Crippen LogP contribution is 2.14. The number of carboxylic acids is 1. The van der Waals surface area contributed by atoms with Gasteiger partial charge in [0.05, 0.1) is 0 Å². The molecule has 2 N–H and O–H groups in total. The van der Waals surface area contributed by atoms with Crippen LogP contribution in [-0.2, 0) is 4.79 Å². The third kappa shape index (κ3) is 4.13. The molecule has 0 radical (unpaired) electrons. The summed E-state index contributed by atoms with van der Waals surface area (Å²) in [5.74, 6) is -0.833. The van der Waals surface area contributed by atoms with Crippen LogP contribution in [0.2, 0.25) is 0 Å². The van der Waals surface area contributed by atoms with Crippen molar-refractivity contribution in [1.29, 1.82) is 0 Å². The van der Waals surface area contributed by atoms with E-state index in [1.165, 1.54) is 11.3 Å². The number of rotatable bonds is 1. The maximum atomic E-state index is 9.00. The van der Waals surface area contributed by atoms with E-state index in [9.17, 15) is 0 Å². The molecule has 3 heteroatoms. The van der Waals surface area contributed by atoms with Crippen molar-refractivity contribution in [1.82, 2.24) is 4.98 Å². The molecule has 0 fully saturated rings. The van der Waals surface area contributed by atoms with Gasteiger partial charge in [-0.2, -0.15) is 0 Å². The van der Waals surface area contributed by atoms with Gasteiger partial charge in [-0.3, -0.25) is 4.79 Å². The van der Waals surface area contributed by atoms with E-state index in [0.29, 0.717) is 0 Å². The quantitative estimate of drug-likeness (QED) is 0.748. The Morgan fingerprint density at radius 2 is 1.73 bits per heavy atom. The summed E-state index contributed by atoms with van der Waals surface area (Å²) in [5, 5.41) is 7.42. The highest BCUT2D eigenvalue weighted by Gasteiger charge is 1.92. The second kappa shape index (κ2) is 5.65. The highest BCUT2D eigenvalue weighted by molar-refractivity contribution is 5.63. The van der Waals surface area contributed by atoms with Crippen LogP contribution in [0.5, 0.6) is 0 Å². The number of benzene rings is 1.